The van der Waals surface area contributed by atoms with Gasteiger partial charge in [-0.05, 0) is 55.4 Å². The molecule has 0 amide bonds. The molecule has 3 nitrogen and oxygen atoms in total. The molecular formula is C16H24N2O. The monoisotopic (exact) mass is 260 g/mol. The maximum Gasteiger partial charge on any atom is 0.208 e. The van der Waals surface area contributed by atoms with Crippen LogP contribution in [-0.4, -0.2) is 11.5 Å². The van der Waals surface area contributed by atoms with Gasteiger partial charge in [-0.25, -0.2) is 4.98 Å². The van der Waals surface area contributed by atoms with Crippen LogP contribution in [0.25, 0.3) is 0 Å². The lowest BCUT2D eigenvalue weighted by molar-refractivity contribution is 0.401. The molecule has 4 rings (SSSR count). The summed E-state index contributed by atoms with van der Waals surface area (Å²) in [4.78, 5) is 4.44. The molecule has 1 heterocycles. The average molecular weight is 260 g/mol. The van der Waals surface area contributed by atoms with Gasteiger partial charge in [-0.1, -0.05) is 13.8 Å². The van der Waals surface area contributed by atoms with E-state index in [1.54, 1.807) is 0 Å². The lowest BCUT2D eigenvalue weighted by Crippen LogP contribution is -2.19. The third-order valence-electron chi connectivity index (χ3n) is 5.46. The van der Waals surface area contributed by atoms with Crippen LogP contribution in [0.2, 0.25) is 0 Å². The van der Waals surface area contributed by atoms with Gasteiger partial charge in [0.2, 0.25) is 5.89 Å². The highest BCUT2D eigenvalue weighted by atomic mass is 16.4. The maximum atomic E-state index is 5.98. The quantitative estimate of drug-likeness (QED) is 0.883. The topological polar surface area (TPSA) is 38.1 Å². The van der Waals surface area contributed by atoms with E-state index < -0.39 is 0 Å². The van der Waals surface area contributed by atoms with Crippen molar-refractivity contribution in [2.45, 2.75) is 45.6 Å². The Morgan fingerprint density at radius 1 is 1.32 bits per heavy atom. The van der Waals surface area contributed by atoms with Gasteiger partial charge in [-0.15, -0.1) is 0 Å². The van der Waals surface area contributed by atoms with Crippen molar-refractivity contribution in [1.29, 1.82) is 0 Å². The summed E-state index contributed by atoms with van der Waals surface area (Å²) < 4.78 is 5.98. The number of nitrogens with zero attached hydrogens (tertiary/aromatic N) is 1. The van der Waals surface area contributed by atoms with Gasteiger partial charge in [0.1, 0.15) is 5.76 Å². The summed E-state index contributed by atoms with van der Waals surface area (Å²) in [6.45, 7) is 6.23. The molecule has 4 atom stereocenters. The second kappa shape index (κ2) is 4.34. The number of hydrogen-bond donors (Lipinski definition) is 1. The predicted octanol–water partition coefficient (Wildman–Crippen LogP) is 3.18. The van der Waals surface area contributed by atoms with Gasteiger partial charge in [0.05, 0.1) is 12.7 Å². The van der Waals surface area contributed by atoms with E-state index in [-0.39, 0.29) is 0 Å². The van der Waals surface area contributed by atoms with Gasteiger partial charge in [-0.2, -0.15) is 0 Å². The maximum absolute atomic E-state index is 5.98. The van der Waals surface area contributed by atoms with Crippen molar-refractivity contribution in [3.8, 4) is 0 Å². The summed E-state index contributed by atoms with van der Waals surface area (Å²) >= 11 is 0. The van der Waals surface area contributed by atoms with Crippen LogP contribution in [0.1, 0.15) is 50.7 Å². The number of rotatable bonds is 5. The van der Waals surface area contributed by atoms with Crippen molar-refractivity contribution in [3.05, 3.63) is 17.8 Å². The van der Waals surface area contributed by atoms with Crippen molar-refractivity contribution in [1.82, 2.24) is 10.3 Å². The Morgan fingerprint density at radius 3 is 2.74 bits per heavy atom. The van der Waals surface area contributed by atoms with Crippen LogP contribution >= 0.6 is 0 Å². The van der Waals surface area contributed by atoms with E-state index >= 15 is 0 Å². The molecule has 3 aliphatic carbocycles. The molecule has 3 heteroatoms. The Bertz CT molecular complexity index is 451. The minimum Gasteiger partial charge on any atom is -0.444 e. The Hall–Kier alpha value is -0.830. The van der Waals surface area contributed by atoms with Gasteiger partial charge >= 0.3 is 0 Å². The van der Waals surface area contributed by atoms with Gasteiger partial charge in [0.15, 0.2) is 0 Å². The van der Waals surface area contributed by atoms with E-state index in [1.165, 1.54) is 25.0 Å². The van der Waals surface area contributed by atoms with Crippen molar-refractivity contribution in [2.75, 3.05) is 6.54 Å². The first-order chi connectivity index (χ1) is 9.24. The van der Waals surface area contributed by atoms with Crippen LogP contribution in [0.5, 0.6) is 0 Å². The van der Waals surface area contributed by atoms with Crippen LogP contribution < -0.4 is 5.32 Å². The first kappa shape index (κ1) is 12.0. The molecule has 3 aliphatic rings. The third-order valence-corrected chi connectivity index (χ3v) is 5.46. The molecule has 0 saturated heterocycles. The van der Waals surface area contributed by atoms with Crippen molar-refractivity contribution in [3.63, 3.8) is 0 Å². The number of fused-ring (bicyclic) bond motifs is 5. The molecule has 19 heavy (non-hydrogen) atoms. The molecule has 2 bridgehead atoms. The molecule has 0 spiro atoms. The summed E-state index contributed by atoms with van der Waals surface area (Å²) in [5.41, 5.74) is 0. The molecule has 1 N–H and O–H groups in total. The number of oxazole rings is 1. The van der Waals surface area contributed by atoms with Crippen LogP contribution in [0, 0.1) is 29.6 Å². The van der Waals surface area contributed by atoms with Crippen LogP contribution in [0.4, 0.5) is 0 Å². The van der Waals surface area contributed by atoms with E-state index in [9.17, 15) is 0 Å². The molecule has 0 radical (unpaired) electrons. The Morgan fingerprint density at radius 2 is 2.05 bits per heavy atom. The van der Waals surface area contributed by atoms with E-state index in [2.05, 4.69) is 24.1 Å². The van der Waals surface area contributed by atoms with Gasteiger partial charge in [0, 0.05) is 5.92 Å². The number of nitrogens with one attached hydrogen (secondary N) is 1. The summed E-state index contributed by atoms with van der Waals surface area (Å²) in [6.07, 6.45) is 6.44. The molecule has 3 saturated carbocycles. The molecule has 4 unspecified atom stereocenters. The van der Waals surface area contributed by atoms with Crippen molar-refractivity contribution < 1.29 is 4.42 Å². The zero-order valence-corrected chi connectivity index (χ0v) is 11.9. The Balaban J connectivity index is 1.37. The molecule has 104 valence electrons. The highest BCUT2D eigenvalue weighted by Crippen LogP contribution is 2.73. The van der Waals surface area contributed by atoms with Gasteiger partial charge in [-0.3, -0.25) is 0 Å². The van der Waals surface area contributed by atoms with E-state index in [1.807, 2.05) is 6.20 Å². The molecule has 1 aromatic rings. The highest BCUT2D eigenvalue weighted by molar-refractivity contribution is 5.25. The largest absolute Gasteiger partial charge is 0.444 e. The summed E-state index contributed by atoms with van der Waals surface area (Å²) in [5.74, 6) is 7.35. The van der Waals surface area contributed by atoms with E-state index in [0.29, 0.717) is 5.92 Å². The standard InChI is InChI=1S/C16H24N2O/c1-9(2)6-17-8-13-18-7-12(19-13)16-14-10-3-4-11(5-10)15(14)16/h7,9-11,14-17H,3-6,8H2,1-2H3. The SMILES string of the molecule is CC(C)CNCc1ncc(C2C3C4CCC(C4)C23)o1. The fraction of sp³-hybridized carbons (Fsp3) is 0.812. The second-order valence-electron chi connectivity index (χ2n) is 7.19. The van der Waals surface area contributed by atoms with Gasteiger partial charge < -0.3 is 9.73 Å². The predicted molar refractivity (Wildman–Crippen MR) is 73.6 cm³/mol. The van der Waals surface area contributed by atoms with Crippen LogP contribution in [-0.2, 0) is 6.54 Å². The second-order valence-corrected chi connectivity index (χ2v) is 7.19. The Kier molecular flexibility index (Phi) is 2.73. The zero-order valence-electron chi connectivity index (χ0n) is 11.9. The van der Waals surface area contributed by atoms with E-state index in [0.717, 1.165) is 48.6 Å². The normalized spacial score (nSPS) is 39.0. The minimum absolute atomic E-state index is 0.674. The lowest BCUT2D eigenvalue weighted by Gasteiger charge is -2.06. The summed E-state index contributed by atoms with van der Waals surface area (Å²) in [6, 6.07) is 0. The first-order valence-corrected chi connectivity index (χ1v) is 7.89. The Labute approximate surface area is 115 Å². The smallest absolute Gasteiger partial charge is 0.208 e. The third kappa shape index (κ3) is 1.94. The molecule has 3 fully saturated rings. The first-order valence-electron chi connectivity index (χ1n) is 7.89. The van der Waals surface area contributed by atoms with Crippen molar-refractivity contribution >= 4 is 0 Å². The lowest BCUT2D eigenvalue weighted by atomic mass is 10.0. The molecular weight excluding hydrogens is 236 g/mol. The number of aromatic nitrogens is 1. The molecule has 1 aromatic heterocycles. The highest BCUT2D eigenvalue weighted by Gasteiger charge is 2.66. The van der Waals surface area contributed by atoms with Crippen LogP contribution in [0.15, 0.2) is 10.6 Å². The van der Waals surface area contributed by atoms with Crippen molar-refractivity contribution in [2.24, 2.45) is 29.6 Å². The summed E-state index contributed by atoms with van der Waals surface area (Å²) in [7, 11) is 0. The zero-order chi connectivity index (χ0) is 13.0. The van der Waals surface area contributed by atoms with E-state index in [4.69, 9.17) is 4.42 Å². The average Bonchev–Trinajstić information content (AvgIpc) is 2.78. The van der Waals surface area contributed by atoms with Gasteiger partial charge in [0.25, 0.3) is 0 Å². The minimum atomic E-state index is 0.674. The fourth-order valence-electron chi connectivity index (χ4n) is 4.73. The molecule has 0 aromatic carbocycles. The van der Waals surface area contributed by atoms with Crippen LogP contribution in [0.3, 0.4) is 0 Å². The number of hydrogen-bond acceptors (Lipinski definition) is 3. The fourth-order valence-corrected chi connectivity index (χ4v) is 4.73. The molecule has 0 aliphatic heterocycles. The summed E-state index contributed by atoms with van der Waals surface area (Å²) in [5, 5.41) is 3.40.